The maximum absolute atomic E-state index is 13.8. The van der Waals surface area contributed by atoms with E-state index in [0.29, 0.717) is 21.4 Å². The average Bonchev–Trinajstić information content (AvgIpc) is 2.55. The van der Waals surface area contributed by atoms with Crippen LogP contribution >= 0.6 is 23.4 Å². The van der Waals surface area contributed by atoms with Gasteiger partial charge in [0.2, 0.25) is 0 Å². The van der Waals surface area contributed by atoms with Gasteiger partial charge in [0.1, 0.15) is 5.82 Å². The Morgan fingerprint density at radius 2 is 1.91 bits per heavy atom. The minimum atomic E-state index is -0.369. The van der Waals surface area contributed by atoms with Crippen LogP contribution in [-0.4, -0.2) is 9.97 Å². The smallest absolute Gasteiger partial charge is 0.252 e. The van der Waals surface area contributed by atoms with E-state index in [-0.39, 0.29) is 17.1 Å². The minimum Gasteiger partial charge on any atom is -0.301 e. The number of thioether (sulfide) groups is 1. The van der Waals surface area contributed by atoms with E-state index >= 15 is 0 Å². The first-order chi connectivity index (χ1) is 11.1. The third kappa shape index (κ3) is 3.81. The number of rotatable bonds is 4. The molecule has 0 aliphatic heterocycles. The van der Waals surface area contributed by atoms with E-state index in [2.05, 4.69) is 9.97 Å². The Balaban J connectivity index is 1.87. The summed E-state index contributed by atoms with van der Waals surface area (Å²) < 4.78 is 13.8. The fourth-order valence-electron chi connectivity index (χ4n) is 2.07. The first-order valence-electron chi connectivity index (χ1n) is 6.86. The molecule has 0 amide bonds. The van der Waals surface area contributed by atoms with Gasteiger partial charge in [0.05, 0.1) is 5.69 Å². The summed E-state index contributed by atoms with van der Waals surface area (Å²) in [6.45, 7) is 0. The van der Waals surface area contributed by atoms with Gasteiger partial charge < -0.3 is 4.98 Å². The number of aromatic amines is 1. The van der Waals surface area contributed by atoms with Gasteiger partial charge in [0.25, 0.3) is 5.56 Å². The predicted octanol–water partition coefficient (Wildman–Crippen LogP) is 4.52. The van der Waals surface area contributed by atoms with Crippen molar-refractivity contribution in [2.45, 2.75) is 10.9 Å². The van der Waals surface area contributed by atoms with Crippen LogP contribution in [0, 0.1) is 5.82 Å². The van der Waals surface area contributed by atoms with Crippen molar-refractivity contribution in [1.82, 2.24) is 9.97 Å². The first-order valence-corrected chi connectivity index (χ1v) is 8.22. The molecule has 1 aromatic heterocycles. The van der Waals surface area contributed by atoms with E-state index < -0.39 is 0 Å². The van der Waals surface area contributed by atoms with Crippen molar-refractivity contribution in [3.05, 3.63) is 81.4 Å². The zero-order chi connectivity index (χ0) is 16.2. The highest BCUT2D eigenvalue weighted by atomic mass is 35.5. The molecule has 3 nitrogen and oxygen atoms in total. The molecule has 0 bridgehead atoms. The Hall–Kier alpha value is -2.11. The largest absolute Gasteiger partial charge is 0.301 e. The molecular formula is C17H12ClFN2OS. The molecule has 116 valence electrons. The molecule has 0 aliphatic carbocycles. The SMILES string of the molecule is O=c1cc(-c2ccccc2)nc(SCc2c(F)cccc2Cl)[nH]1. The van der Waals surface area contributed by atoms with Crippen molar-refractivity contribution >= 4 is 23.4 Å². The standard InChI is InChI=1S/C17H12ClFN2OS/c18-13-7-4-8-14(19)12(13)10-23-17-20-15(9-16(22)21-17)11-5-2-1-3-6-11/h1-9H,10H2,(H,20,21,22). The van der Waals surface area contributed by atoms with E-state index in [4.69, 9.17) is 11.6 Å². The van der Waals surface area contributed by atoms with Crippen molar-refractivity contribution in [1.29, 1.82) is 0 Å². The number of nitrogens with one attached hydrogen (secondary N) is 1. The van der Waals surface area contributed by atoms with Crippen molar-refractivity contribution in [3.8, 4) is 11.3 Å². The lowest BCUT2D eigenvalue weighted by molar-refractivity contribution is 0.617. The highest BCUT2D eigenvalue weighted by molar-refractivity contribution is 7.98. The second-order valence-corrected chi connectivity index (χ2v) is 6.16. The molecule has 0 unspecified atom stereocenters. The van der Waals surface area contributed by atoms with Crippen LogP contribution in [0.15, 0.2) is 64.5 Å². The molecule has 0 radical (unpaired) electrons. The van der Waals surface area contributed by atoms with E-state index in [9.17, 15) is 9.18 Å². The highest BCUT2D eigenvalue weighted by Crippen LogP contribution is 2.27. The van der Waals surface area contributed by atoms with Crippen LogP contribution in [0.4, 0.5) is 4.39 Å². The molecule has 6 heteroatoms. The van der Waals surface area contributed by atoms with Crippen LogP contribution in [0.3, 0.4) is 0 Å². The summed E-state index contributed by atoms with van der Waals surface area (Å²) in [6.07, 6.45) is 0. The maximum Gasteiger partial charge on any atom is 0.252 e. The van der Waals surface area contributed by atoms with Crippen LogP contribution in [0.1, 0.15) is 5.56 Å². The number of benzene rings is 2. The van der Waals surface area contributed by atoms with Crippen molar-refractivity contribution in [2.75, 3.05) is 0 Å². The number of nitrogens with zero attached hydrogens (tertiary/aromatic N) is 1. The molecule has 2 aromatic carbocycles. The monoisotopic (exact) mass is 346 g/mol. The lowest BCUT2D eigenvalue weighted by Crippen LogP contribution is -2.08. The molecule has 0 saturated heterocycles. The molecule has 23 heavy (non-hydrogen) atoms. The van der Waals surface area contributed by atoms with Gasteiger partial charge in [0, 0.05) is 28.0 Å². The van der Waals surface area contributed by atoms with Crippen molar-refractivity contribution < 1.29 is 4.39 Å². The second kappa shape index (κ2) is 6.98. The molecule has 0 spiro atoms. The number of hydrogen-bond donors (Lipinski definition) is 1. The second-order valence-electron chi connectivity index (χ2n) is 4.79. The maximum atomic E-state index is 13.8. The number of halogens is 2. The molecule has 0 saturated carbocycles. The Bertz CT molecular complexity index is 863. The third-order valence-electron chi connectivity index (χ3n) is 3.20. The van der Waals surface area contributed by atoms with Gasteiger partial charge in [-0.15, -0.1) is 0 Å². The summed E-state index contributed by atoms with van der Waals surface area (Å²) >= 11 is 7.24. The Morgan fingerprint density at radius 1 is 1.13 bits per heavy atom. The molecule has 1 N–H and O–H groups in total. The summed E-state index contributed by atoms with van der Waals surface area (Å²) in [6, 6.07) is 15.4. The van der Waals surface area contributed by atoms with Crippen LogP contribution in [0.5, 0.6) is 0 Å². The quantitative estimate of drug-likeness (QED) is 0.558. The highest BCUT2D eigenvalue weighted by Gasteiger charge is 2.10. The summed E-state index contributed by atoms with van der Waals surface area (Å²) in [7, 11) is 0. The van der Waals surface area contributed by atoms with Gasteiger partial charge in [-0.05, 0) is 12.1 Å². The van der Waals surface area contributed by atoms with Crippen LogP contribution < -0.4 is 5.56 Å². The predicted molar refractivity (Wildman–Crippen MR) is 91.3 cm³/mol. The molecule has 3 aromatic rings. The fraction of sp³-hybridized carbons (Fsp3) is 0.0588. The summed E-state index contributed by atoms with van der Waals surface area (Å²) in [4.78, 5) is 18.9. The van der Waals surface area contributed by atoms with Crippen molar-refractivity contribution in [2.24, 2.45) is 0 Å². The fourth-order valence-corrected chi connectivity index (χ4v) is 3.29. The molecule has 0 atom stereocenters. The lowest BCUT2D eigenvalue weighted by Gasteiger charge is -2.06. The number of H-pyrrole nitrogens is 1. The zero-order valence-corrected chi connectivity index (χ0v) is 13.5. The van der Waals surface area contributed by atoms with Gasteiger partial charge in [-0.2, -0.15) is 0 Å². The third-order valence-corrected chi connectivity index (χ3v) is 4.46. The van der Waals surface area contributed by atoms with E-state index in [1.165, 1.54) is 23.9 Å². The van der Waals surface area contributed by atoms with Crippen LogP contribution in [0.25, 0.3) is 11.3 Å². The normalized spacial score (nSPS) is 10.7. The molecule has 3 rings (SSSR count). The van der Waals surface area contributed by atoms with Crippen LogP contribution in [0.2, 0.25) is 5.02 Å². The van der Waals surface area contributed by atoms with Gasteiger partial charge in [-0.25, -0.2) is 9.37 Å². The minimum absolute atomic E-state index is 0.249. The van der Waals surface area contributed by atoms with Crippen LogP contribution in [-0.2, 0) is 5.75 Å². The van der Waals surface area contributed by atoms with Gasteiger partial charge in [-0.3, -0.25) is 4.79 Å². The van der Waals surface area contributed by atoms with Gasteiger partial charge in [0.15, 0.2) is 5.16 Å². The van der Waals surface area contributed by atoms with E-state index in [1.54, 1.807) is 12.1 Å². The molecule has 0 aliphatic rings. The zero-order valence-electron chi connectivity index (χ0n) is 11.9. The van der Waals surface area contributed by atoms with E-state index in [1.807, 2.05) is 30.3 Å². The average molecular weight is 347 g/mol. The summed E-state index contributed by atoms with van der Waals surface area (Å²) in [5.41, 5.74) is 1.58. The Labute approximate surface area is 141 Å². The summed E-state index contributed by atoms with van der Waals surface area (Å²) in [5, 5.41) is 0.787. The first kappa shape index (κ1) is 15.8. The Morgan fingerprint density at radius 3 is 2.65 bits per heavy atom. The summed E-state index contributed by atoms with van der Waals surface area (Å²) in [5.74, 6) is -0.0845. The number of aromatic nitrogens is 2. The lowest BCUT2D eigenvalue weighted by atomic mass is 10.1. The van der Waals surface area contributed by atoms with Gasteiger partial charge >= 0.3 is 0 Å². The Kier molecular flexibility index (Phi) is 4.79. The van der Waals surface area contributed by atoms with Crippen molar-refractivity contribution in [3.63, 3.8) is 0 Å². The molecule has 1 heterocycles. The van der Waals surface area contributed by atoms with Gasteiger partial charge in [-0.1, -0.05) is 59.8 Å². The topological polar surface area (TPSA) is 45.8 Å². The molecular weight excluding hydrogens is 335 g/mol. The van der Waals surface area contributed by atoms with E-state index in [0.717, 1.165) is 5.56 Å². The number of hydrogen-bond acceptors (Lipinski definition) is 3. The molecule has 0 fully saturated rings.